The van der Waals surface area contributed by atoms with E-state index in [0.717, 1.165) is 49.4 Å². The summed E-state index contributed by atoms with van der Waals surface area (Å²) in [5.74, 6) is 1.55. The molecule has 0 bridgehead atoms. The van der Waals surface area contributed by atoms with Crippen molar-refractivity contribution in [2.75, 3.05) is 34.0 Å². The molecule has 1 heterocycles. The van der Waals surface area contributed by atoms with Crippen molar-refractivity contribution in [3.05, 3.63) is 23.8 Å². The predicted molar refractivity (Wildman–Crippen MR) is 96.4 cm³/mol. The molecule has 2 N–H and O–H groups in total. The molecule has 3 rings (SSSR count). The van der Waals surface area contributed by atoms with Gasteiger partial charge in [0.1, 0.15) is 6.61 Å². The number of ether oxygens (including phenoxy) is 2. The van der Waals surface area contributed by atoms with Crippen molar-refractivity contribution in [3.63, 3.8) is 0 Å². The van der Waals surface area contributed by atoms with Gasteiger partial charge in [-0.3, -0.25) is 0 Å². The number of fused-ring (bicyclic) bond motifs is 1. The van der Waals surface area contributed by atoms with Gasteiger partial charge in [-0.2, -0.15) is 0 Å². The lowest BCUT2D eigenvalue weighted by molar-refractivity contribution is 0.0956. The minimum atomic E-state index is 0.00169. The number of nitrogens with zero attached hydrogens (tertiary/aromatic N) is 1. The molecule has 6 heteroatoms. The zero-order chi connectivity index (χ0) is 17.7. The van der Waals surface area contributed by atoms with Crippen LogP contribution < -0.4 is 14.8 Å². The maximum Gasteiger partial charge on any atom is 0.160 e. The van der Waals surface area contributed by atoms with Crippen LogP contribution in [0.4, 0.5) is 0 Å². The Morgan fingerprint density at radius 1 is 1.24 bits per heavy atom. The first-order chi connectivity index (χ1) is 12.2. The van der Waals surface area contributed by atoms with E-state index in [4.69, 9.17) is 19.4 Å². The summed E-state index contributed by atoms with van der Waals surface area (Å²) in [6, 6.07) is 6.64. The van der Waals surface area contributed by atoms with Crippen molar-refractivity contribution in [1.82, 2.24) is 5.32 Å². The molecule has 0 aromatic heterocycles. The highest BCUT2D eigenvalue weighted by molar-refractivity contribution is 5.85. The van der Waals surface area contributed by atoms with Crippen molar-refractivity contribution in [3.8, 4) is 11.5 Å². The molecule has 2 aliphatic rings. The minimum Gasteiger partial charge on any atom is -0.493 e. The van der Waals surface area contributed by atoms with Crippen LogP contribution in [0, 0.1) is 5.41 Å². The fraction of sp³-hybridized carbons (Fsp3) is 0.632. The van der Waals surface area contributed by atoms with E-state index in [1.54, 1.807) is 14.2 Å². The van der Waals surface area contributed by atoms with E-state index in [1.165, 1.54) is 12.0 Å². The molecule has 1 aliphatic heterocycles. The second-order valence-corrected chi connectivity index (χ2v) is 6.90. The van der Waals surface area contributed by atoms with Crippen LogP contribution in [0.1, 0.15) is 31.2 Å². The van der Waals surface area contributed by atoms with Crippen molar-refractivity contribution in [1.29, 1.82) is 0 Å². The summed E-state index contributed by atoms with van der Waals surface area (Å²) in [6.45, 7) is 1.31. The Hall–Kier alpha value is -1.79. The Balaban J connectivity index is 1.72. The number of aliphatic hydroxyl groups excluding tert-OH is 1. The average molecular weight is 348 g/mol. The molecular formula is C19H28N2O4. The maximum atomic E-state index is 8.81. The molecule has 1 saturated heterocycles. The number of benzene rings is 1. The lowest BCUT2D eigenvalue weighted by atomic mass is 9.67. The Labute approximate surface area is 149 Å². The summed E-state index contributed by atoms with van der Waals surface area (Å²) in [6.07, 6.45) is 5.17. The van der Waals surface area contributed by atoms with Gasteiger partial charge in [0.15, 0.2) is 11.5 Å². The van der Waals surface area contributed by atoms with Gasteiger partial charge in [0.2, 0.25) is 0 Å². The normalized spacial score (nSPS) is 27.2. The van der Waals surface area contributed by atoms with E-state index in [1.807, 2.05) is 6.07 Å². The Bertz CT molecular complexity index is 619. The van der Waals surface area contributed by atoms with Gasteiger partial charge in [0, 0.05) is 12.5 Å². The first kappa shape index (κ1) is 18.0. The molecule has 138 valence electrons. The predicted octanol–water partition coefficient (Wildman–Crippen LogP) is 2.14. The van der Waals surface area contributed by atoms with E-state index < -0.39 is 0 Å². The number of rotatable bonds is 7. The van der Waals surface area contributed by atoms with E-state index in [9.17, 15) is 0 Å². The third-order valence-corrected chi connectivity index (χ3v) is 5.48. The molecule has 0 amide bonds. The van der Waals surface area contributed by atoms with Gasteiger partial charge in [0.05, 0.1) is 26.5 Å². The van der Waals surface area contributed by atoms with Crippen LogP contribution in [0.2, 0.25) is 0 Å². The lowest BCUT2D eigenvalue weighted by Crippen LogP contribution is -2.44. The van der Waals surface area contributed by atoms with Crippen LogP contribution in [-0.2, 0) is 11.3 Å². The summed E-state index contributed by atoms with van der Waals surface area (Å²) in [5.41, 5.74) is 2.63. The topological polar surface area (TPSA) is 72.3 Å². The highest BCUT2D eigenvalue weighted by Crippen LogP contribution is 2.45. The summed E-state index contributed by atoms with van der Waals surface area (Å²) in [4.78, 5) is 5.16. The molecule has 1 aromatic rings. The van der Waals surface area contributed by atoms with Gasteiger partial charge in [-0.15, -0.1) is 0 Å². The first-order valence-corrected chi connectivity index (χ1v) is 8.93. The van der Waals surface area contributed by atoms with Crippen molar-refractivity contribution >= 4 is 5.71 Å². The maximum absolute atomic E-state index is 8.81. The van der Waals surface area contributed by atoms with Gasteiger partial charge >= 0.3 is 0 Å². The molecule has 0 spiro atoms. The fourth-order valence-corrected chi connectivity index (χ4v) is 4.16. The fourth-order valence-electron chi connectivity index (χ4n) is 4.16. The Morgan fingerprint density at radius 2 is 2.08 bits per heavy atom. The minimum absolute atomic E-state index is 0.00169. The smallest absolute Gasteiger partial charge is 0.160 e. The number of nitrogens with one attached hydrogen (secondary N) is 1. The molecule has 1 aromatic carbocycles. The summed E-state index contributed by atoms with van der Waals surface area (Å²) >= 11 is 0. The number of oxime groups is 1. The number of aliphatic hydroxyl groups is 1. The van der Waals surface area contributed by atoms with Crippen molar-refractivity contribution in [2.45, 2.75) is 38.1 Å². The van der Waals surface area contributed by atoms with Gasteiger partial charge in [-0.05, 0) is 55.3 Å². The Kier molecular flexibility index (Phi) is 5.81. The van der Waals surface area contributed by atoms with Crippen LogP contribution in [0.25, 0.3) is 0 Å². The molecule has 0 radical (unpaired) electrons. The lowest BCUT2D eigenvalue weighted by Gasteiger charge is -2.39. The molecule has 2 fully saturated rings. The summed E-state index contributed by atoms with van der Waals surface area (Å²) in [7, 11) is 3.34. The third-order valence-electron chi connectivity index (χ3n) is 5.48. The van der Waals surface area contributed by atoms with Crippen LogP contribution in [0.15, 0.2) is 23.4 Å². The second-order valence-electron chi connectivity index (χ2n) is 6.90. The number of hydrogen-bond donors (Lipinski definition) is 2. The first-order valence-electron chi connectivity index (χ1n) is 8.93. The van der Waals surface area contributed by atoms with Crippen molar-refractivity contribution in [2.24, 2.45) is 10.6 Å². The zero-order valence-electron chi connectivity index (χ0n) is 15.1. The quantitative estimate of drug-likeness (QED) is 0.583. The van der Waals surface area contributed by atoms with Gasteiger partial charge in [-0.1, -0.05) is 11.2 Å². The van der Waals surface area contributed by atoms with Crippen LogP contribution in [-0.4, -0.2) is 50.8 Å². The summed E-state index contributed by atoms with van der Waals surface area (Å²) in [5, 5.41) is 16.7. The van der Waals surface area contributed by atoms with Gasteiger partial charge < -0.3 is 24.7 Å². The second kappa shape index (κ2) is 8.06. The zero-order valence-corrected chi connectivity index (χ0v) is 15.1. The average Bonchev–Trinajstić information content (AvgIpc) is 3.04. The number of hydrogen-bond acceptors (Lipinski definition) is 6. The van der Waals surface area contributed by atoms with Gasteiger partial charge in [-0.25, -0.2) is 0 Å². The highest BCUT2D eigenvalue weighted by Gasteiger charge is 2.45. The molecule has 25 heavy (non-hydrogen) atoms. The van der Waals surface area contributed by atoms with E-state index in [0.29, 0.717) is 6.04 Å². The molecule has 1 aliphatic carbocycles. The highest BCUT2D eigenvalue weighted by atomic mass is 16.6. The van der Waals surface area contributed by atoms with Gasteiger partial charge in [0.25, 0.3) is 0 Å². The van der Waals surface area contributed by atoms with E-state index >= 15 is 0 Å². The standard InChI is InChI=1S/C19H28N2O4/c1-23-16-4-3-14(11-17(16)24-2)13-19-6-5-15(21-25-10-9-22)12-18(19)20-8-7-19/h3-4,11,18,20,22H,5-10,12-13H2,1-2H3/t18-,19+/m0/s1. The molecular weight excluding hydrogens is 320 g/mol. The van der Waals surface area contributed by atoms with Crippen LogP contribution >= 0.6 is 0 Å². The molecule has 6 nitrogen and oxygen atoms in total. The largest absolute Gasteiger partial charge is 0.493 e. The third kappa shape index (κ3) is 3.90. The number of methoxy groups -OCH3 is 2. The van der Waals surface area contributed by atoms with Crippen molar-refractivity contribution < 1.29 is 19.4 Å². The SMILES string of the molecule is COc1ccc(C[C@@]23CCN[C@H]2CC(=NOCCO)CC3)cc1OC. The van der Waals surface area contributed by atoms with E-state index in [-0.39, 0.29) is 18.6 Å². The molecule has 0 unspecified atom stereocenters. The van der Waals surface area contributed by atoms with E-state index in [2.05, 4.69) is 22.6 Å². The molecule has 2 atom stereocenters. The summed E-state index contributed by atoms with van der Waals surface area (Å²) < 4.78 is 10.8. The van der Waals surface area contributed by atoms with Crippen LogP contribution in [0.3, 0.4) is 0 Å². The van der Waals surface area contributed by atoms with Crippen LogP contribution in [0.5, 0.6) is 11.5 Å². The Morgan fingerprint density at radius 3 is 2.84 bits per heavy atom. The molecule has 1 saturated carbocycles. The monoisotopic (exact) mass is 348 g/mol.